The molecule has 1 aromatic heterocycles. The van der Waals surface area contributed by atoms with E-state index in [-0.39, 0.29) is 5.91 Å². The van der Waals surface area contributed by atoms with Gasteiger partial charge in [0, 0.05) is 25.0 Å². The summed E-state index contributed by atoms with van der Waals surface area (Å²) in [4.78, 5) is 23.7. The third-order valence-electron chi connectivity index (χ3n) is 5.45. The fraction of sp³-hybridized carbons (Fsp3) is 0.292. The van der Waals surface area contributed by atoms with Crippen molar-refractivity contribution in [2.24, 2.45) is 5.92 Å². The van der Waals surface area contributed by atoms with Crippen molar-refractivity contribution in [2.45, 2.75) is 26.2 Å². The molecule has 1 aliphatic heterocycles. The number of anilines is 2. The molecule has 1 aliphatic rings. The summed E-state index contributed by atoms with van der Waals surface area (Å²) >= 11 is 0. The molecule has 0 bridgehead atoms. The molecule has 0 aliphatic carbocycles. The Hall–Kier alpha value is -3.21. The summed E-state index contributed by atoms with van der Waals surface area (Å²) in [6, 6.07) is 20.1. The van der Waals surface area contributed by atoms with Crippen LogP contribution >= 0.6 is 0 Å². The number of hydrogen-bond donors (Lipinski definition) is 1. The Balaban J connectivity index is 1.36. The van der Waals surface area contributed by atoms with Gasteiger partial charge in [-0.15, -0.1) is 0 Å². The van der Waals surface area contributed by atoms with Gasteiger partial charge in [-0.25, -0.2) is 9.97 Å². The van der Waals surface area contributed by atoms with Crippen molar-refractivity contribution >= 4 is 17.5 Å². The largest absolute Gasteiger partial charge is 0.341 e. The van der Waals surface area contributed by atoms with Gasteiger partial charge in [0.25, 0.3) is 5.91 Å². The van der Waals surface area contributed by atoms with Crippen molar-refractivity contribution in [2.75, 3.05) is 23.3 Å². The summed E-state index contributed by atoms with van der Waals surface area (Å²) in [5, 5.41) is 2.90. The van der Waals surface area contributed by atoms with Gasteiger partial charge in [0.1, 0.15) is 5.69 Å². The molecule has 0 saturated carbocycles. The molecule has 1 N–H and O–H groups in total. The number of nitrogens with zero attached hydrogens (tertiary/aromatic N) is 3. The number of piperidine rings is 1. The van der Waals surface area contributed by atoms with Crippen molar-refractivity contribution in [3.63, 3.8) is 0 Å². The Morgan fingerprint density at radius 3 is 2.48 bits per heavy atom. The van der Waals surface area contributed by atoms with Gasteiger partial charge in [0.05, 0.1) is 0 Å². The first-order valence-corrected chi connectivity index (χ1v) is 10.2. The Kier molecular flexibility index (Phi) is 5.84. The Labute approximate surface area is 171 Å². The smallest absolute Gasteiger partial charge is 0.274 e. The van der Waals surface area contributed by atoms with E-state index >= 15 is 0 Å². The number of nitrogens with one attached hydrogen (secondary N) is 1. The molecule has 0 radical (unpaired) electrons. The van der Waals surface area contributed by atoms with Crippen LogP contribution in [-0.2, 0) is 6.42 Å². The van der Waals surface area contributed by atoms with Crippen LogP contribution in [0.4, 0.5) is 11.6 Å². The highest BCUT2D eigenvalue weighted by Crippen LogP contribution is 2.24. The van der Waals surface area contributed by atoms with Crippen LogP contribution < -0.4 is 10.2 Å². The molecule has 4 rings (SSSR count). The lowest BCUT2D eigenvalue weighted by molar-refractivity contribution is 0.102. The molecule has 29 heavy (non-hydrogen) atoms. The SMILES string of the molecule is Cc1ccc(NC(=O)c2ccnc(N3CCC(Cc4ccccc4)CC3)n2)cc1. The predicted molar refractivity (Wildman–Crippen MR) is 116 cm³/mol. The van der Waals surface area contributed by atoms with E-state index in [0.717, 1.165) is 43.6 Å². The normalized spacial score (nSPS) is 14.6. The molecular weight excluding hydrogens is 360 g/mol. The minimum atomic E-state index is -0.212. The van der Waals surface area contributed by atoms with Crippen LogP contribution in [0.1, 0.15) is 34.5 Å². The Morgan fingerprint density at radius 2 is 1.76 bits per heavy atom. The standard InChI is InChI=1S/C24H26N4O/c1-18-7-9-21(10-8-18)26-23(29)22-11-14-25-24(27-22)28-15-12-20(13-16-28)17-19-5-3-2-4-6-19/h2-11,14,20H,12-13,15-17H2,1H3,(H,26,29). The molecule has 1 amide bonds. The summed E-state index contributed by atoms with van der Waals surface area (Å²) < 4.78 is 0. The first kappa shape index (κ1) is 19.1. The van der Waals surface area contributed by atoms with Gasteiger partial charge in [0.2, 0.25) is 5.95 Å². The Morgan fingerprint density at radius 1 is 1.03 bits per heavy atom. The second-order valence-corrected chi connectivity index (χ2v) is 7.68. The zero-order valence-electron chi connectivity index (χ0n) is 16.7. The van der Waals surface area contributed by atoms with Gasteiger partial charge in [0.15, 0.2) is 0 Å². The van der Waals surface area contributed by atoms with Gasteiger partial charge in [-0.3, -0.25) is 4.79 Å². The average Bonchev–Trinajstić information content (AvgIpc) is 2.77. The van der Waals surface area contributed by atoms with Gasteiger partial charge >= 0.3 is 0 Å². The first-order chi connectivity index (χ1) is 14.2. The van der Waals surface area contributed by atoms with Crippen molar-refractivity contribution < 1.29 is 4.79 Å². The molecule has 5 nitrogen and oxygen atoms in total. The lowest BCUT2D eigenvalue weighted by Crippen LogP contribution is -2.35. The van der Waals surface area contributed by atoms with E-state index in [2.05, 4.69) is 50.5 Å². The van der Waals surface area contributed by atoms with E-state index in [4.69, 9.17) is 0 Å². The van der Waals surface area contributed by atoms with E-state index < -0.39 is 0 Å². The molecule has 148 valence electrons. The third-order valence-corrected chi connectivity index (χ3v) is 5.45. The maximum atomic E-state index is 12.6. The number of hydrogen-bond acceptors (Lipinski definition) is 4. The summed E-state index contributed by atoms with van der Waals surface area (Å²) in [7, 11) is 0. The highest BCUT2D eigenvalue weighted by Gasteiger charge is 2.22. The first-order valence-electron chi connectivity index (χ1n) is 10.2. The number of carbonyl (C=O) groups is 1. The number of carbonyl (C=O) groups excluding carboxylic acids is 1. The number of benzene rings is 2. The number of aromatic nitrogens is 2. The fourth-order valence-electron chi connectivity index (χ4n) is 3.74. The number of rotatable bonds is 5. The van der Waals surface area contributed by atoms with E-state index in [9.17, 15) is 4.79 Å². The van der Waals surface area contributed by atoms with Gasteiger partial charge < -0.3 is 10.2 Å². The van der Waals surface area contributed by atoms with Gasteiger partial charge in [-0.1, -0.05) is 48.0 Å². The van der Waals surface area contributed by atoms with Crippen molar-refractivity contribution in [1.29, 1.82) is 0 Å². The van der Waals surface area contributed by atoms with Crippen LogP contribution in [0.15, 0.2) is 66.9 Å². The van der Waals surface area contributed by atoms with E-state index in [1.54, 1.807) is 12.3 Å². The predicted octanol–water partition coefficient (Wildman–Crippen LogP) is 4.50. The molecule has 1 fully saturated rings. The number of amides is 1. The van der Waals surface area contributed by atoms with Crippen molar-refractivity contribution in [1.82, 2.24) is 9.97 Å². The van der Waals surface area contributed by atoms with E-state index in [1.165, 1.54) is 5.56 Å². The van der Waals surface area contributed by atoms with E-state index in [0.29, 0.717) is 17.6 Å². The highest BCUT2D eigenvalue weighted by atomic mass is 16.1. The van der Waals surface area contributed by atoms with Crippen LogP contribution in [0.5, 0.6) is 0 Å². The molecule has 2 aromatic carbocycles. The lowest BCUT2D eigenvalue weighted by atomic mass is 9.90. The molecule has 5 heteroatoms. The molecule has 0 spiro atoms. The van der Waals surface area contributed by atoms with Crippen LogP contribution in [0.3, 0.4) is 0 Å². The maximum Gasteiger partial charge on any atom is 0.274 e. The minimum absolute atomic E-state index is 0.212. The quantitative estimate of drug-likeness (QED) is 0.702. The second kappa shape index (κ2) is 8.86. The minimum Gasteiger partial charge on any atom is -0.341 e. The molecular formula is C24H26N4O. The highest BCUT2D eigenvalue weighted by molar-refractivity contribution is 6.02. The average molecular weight is 386 g/mol. The zero-order chi connectivity index (χ0) is 20.1. The summed E-state index contributed by atoms with van der Waals surface area (Å²) in [6.07, 6.45) is 5.01. The van der Waals surface area contributed by atoms with Crippen LogP contribution in [0.25, 0.3) is 0 Å². The molecule has 2 heterocycles. The van der Waals surface area contributed by atoms with E-state index in [1.807, 2.05) is 31.2 Å². The molecule has 1 saturated heterocycles. The third kappa shape index (κ3) is 4.99. The molecule has 3 aromatic rings. The summed E-state index contributed by atoms with van der Waals surface area (Å²) in [5.41, 5.74) is 3.71. The monoisotopic (exact) mass is 386 g/mol. The van der Waals surface area contributed by atoms with Gasteiger partial charge in [-0.2, -0.15) is 0 Å². The van der Waals surface area contributed by atoms with Gasteiger partial charge in [-0.05, 0) is 55.9 Å². The lowest BCUT2D eigenvalue weighted by Gasteiger charge is -2.32. The molecule has 0 unspecified atom stereocenters. The maximum absolute atomic E-state index is 12.6. The van der Waals surface area contributed by atoms with Crippen LogP contribution in [0.2, 0.25) is 0 Å². The van der Waals surface area contributed by atoms with Crippen LogP contribution in [-0.4, -0.2) is 29.0 Å². The topological polar surface area (TPSA) is 58.1 Å². The zero-order valence-corrected chi connectivity index (χ0v) is 16.7. The molecule has 0 atom stereocenters. The summed E-state index contributed by atoms with van der Waals surface area (Å²) in [6.45, 7) is 3.85. The number of aryl methyl sites for hydroxylation is 1. The second-order valence-electron chi connectivity index (χ2n) is 7.68. The fourth-order valence-corrected chi connectivity index (χ4v) is 3.74. The van der Waals surface area contributed by atoms with Crippen molar-refractivity contribution in [3.8, 4) is 0 Å². The summed E-state index contributed by atoms with van der Waals surface area (Å²) in [5.74, 6) is 1.11. The van der Waals surface area contributed by atoms with Crippen molar-refractivity contribution in [3.05, 3.63) is 83.7 Å². The Bertz CT molecular complexity index is 948. The van der Waals surface area contributed by atoms with Crippen LogP contribution in [0, 0.1) is 12.8 Å².